The fraction of sp³-hybridized carbons (Fsp3) is 0.533. The van der Waals surface area contributed by atoms with Gasteiger partial charge >= 0.3 is 0 Å². The van der Waals surface area contributed by atoms with Crippen molar-refractivity contribution in [1.29, 1.82) is 0 Å². The van der Waals surface area contributed by atoms with E-state index in [9.17, 15) is 0 Å². The van der Waals surface area contributed by atoms with Gasteiger partial charge in [0, 0.05) is 9.72 Å². The molecule has 2 rings (SSSR count). The Hall–Kier alpha value is -0.480. The van der Waals surface area contributed by atoms with E-state index in [1.54, 1.807) is 0 Å². The molecular weight excluding hydrogens is 320 g/mol. The molecular formula is C15H21BrN2S. The van der Waals surface area contributed by atoms with Gasteiger partial charge in [-0.05, 0) is 46.5 Å². The third kappa shape index (κ3) is 3.76. The maximum Gasteiger partial charge on any atom is 0.161 e. The first kappa shape index (κ1) is 14.9. The summed E-state index contributed by atoms with van der Waals surface area (Å²) in [7, 11) is 0. The first-order valence-electron chi connectivity index (χ1n) is 6.88. The zero-order valence-electron chi connectivity index (χ0n) is 11.7. The van der Waals surface area contributed by atoms with E-state index >= 15 is 0 Å². The van der Waals surface area contributed by atoms with Gasteiger partial charge in [-0.3, -0.25) is 4.99 Å². The molecule has 1 N–H and O–H groups in total. The Bertz CT molecular complexity index is 469. The van der Waals surface area contributed by atoms with Gasteiger partial charge in [0.15, 0.2) is 5.17 Å². The lowest BCUT2D eigenvalue weighted by Gasteiger charge is -2.18. The first-order chi connectivity index (χ1) is 9.13. The molecule has 1 aliphatic heterocycles. The van der Waals surface area contributed by atoms with Crippen molar-refractivity contribution in [2.45, 2.75) is 38.9 Å². The van der Waals surface area contributed by atoms with E-state index in [2.05, 4.69) is 65.2 Å². The molecule has 4 heteroatoms. The highest BCUT2D eigenvalue weighted by atomic mass is 79.9. The highest BCUT2D eigenvalue weighted by Gasteiger charge is 2.26. The molecule has 1 unspecified atom stereocenters. The topological polar surface area (TPSA) is 24.4 Å². The molecule has 0 aromatic heterocycles. The molecule has 0 bridgehead atoms. The Morgan fingerprint density at radius 1 is 1.42 bits per heavy atom. The zero-order valence-corrected chi connectivity index (χ0v) is 14.1. The number of nitrogens with one attached hydrogen (secondary N) is 1. The van der Waals surface area contributed by atoms with Gasteiger partial charge in [0.05, 0.1) is 12.2 Å². The second kappa shape index (κ2) is 6.80. The van der Waals surface area contributed by atoms with Gasteiger partial charge in [-0.1, -0.05) is 44.5 Å². The van der Waals surface area contributed by atoms with Gasteiger partial charge in [0.1, 0.15) is 0 Å². The quantitative estimate of drug-likeness (QED) is 0.826. The van der Waals surface area contributed by atoms with Gasteiger partial charge in [0.2, 0.25) is 0 Å². The average Bonchev–Trinajstić information content (AvgIpc) is 2.83. The minimum absolute atomic E-state index is 0.640. The zero-order chi connectivity index (χ0) is 13.8. The van der Waals surface area contributed by atoms with Crippen molar-refractivity contribution in [3.05, 3.63) is 28.2 Å². The van der Waals surface area contributed by atoms with Crippen LogP contribution in [0.1, 0.15) is 32.3 Å². The second-order valence-electron chi connectivity index (χ2n) is 4.99. The fourth-order valence-electron chi connectivity index (χ4n) is 2.36. The monoisotopic (exact) mass is 340 g/mol. The van der Waals surface area contributed by atoms with Crippen LogP contribution in [0.4, 0.5) is 5.69 Å². The van der Waals surface area contributed by atoms with Gasteiger partial charge < -0.3 is 5.32 Å². The van der Waals surface area contributed by atoms with E-state index < -0.39 is 0 Å². The molecule has 1 heterocycles. The van der Waals surface area contributed by atoms with Crippen LogP contribution < -0.4 is 5.32 Å². The average molecular weight is 341 g/mol. The van der Waals surface area contributed by atoms with Crippen molar-refractivity contribution in [2.24, 2.45) is 10.9 Å². The van der Waals surface area contributed by atoms with Gasteiger partial charge in [-0.25, -0.2) is 0 Å². The first-order valence-corrected chi connectivity index (χ1v) is 8.55. The molecule has 0 radical (unpaired) electrons. The Balaban J connectivity index is 1.98. The number of anilines is 1. The lowest BCUT2D eigenvalue weighted by Crippen LogP contribution is -2.17. The minimum Gasteiger partial charge on any atom is -0.334 e. The van der Waals surface area contributed by atoms with E-state index in [0.29, 0.717) is 5.25 Å². The minimum atomic E-state index is 0.640. The normalized spacial score (nSPS) is 18.8. The smallest absolute Gasteiger partial charge is 0.161 e. The van der Waals surface area contributed by atoms with E-state index in [1.807, 2.05) is 11.8 Å². The molecule has 0 amide bonds. The number of aryl methyl sites for hydroxylation is 1. The second-order valence-corrected chi connectivity index (χ2v) is 7.07. The molecule has 0 aliphatic carbocycles. The number of hydrogen-bond donors (Lipinski definition) is 1. The van der Waals surface area contributed by atoms with Crippen LogP contribution in [0.2, 0.25) is 0 Å². The number of amidine groups is 1. The molecule has 1 aliphatic rings. The van der Waals surface area contributed by atoms with Crippen LogP contribution >= 0.6 is 27.7 Å². The summed E-state index contributed by atoms with van der Waals surface area (Å²) in [5.41, 5.74) is 2.36. The van der Waals surface area contributed by atoms with Crippen LogP contribution in [0.3, 0.4) is 0 Å². The highest BCUT2D eigenvalue weighted by Crippen LogP contribution is 2.33. The highest BCUT2D eigenvalue weighted by molar-refractivity contribution is 9.10. The van der Waals surface area contributed by atoms with Crippen molar-refractivity contribution in [3.63, 3.8) is 0 Å². The molecule has 0 saturated carbocycles. The summed E-state index contributed by atoms with van der Waals surface area (Å²) in [6.45, 7) is 7.59. The Morgan fingerprint density at radius 3 is 2.79 bits per heavy atom. The number of benzene rings is 1. The number of hydrogen-bond acceptors (Lipinski definition) is 3. The number of aliphatic imine (C=N–C) groups is 1. The van der Waals surface area contributed by atoms with Gasteiger partial charge in [-0.2, -0.15) is 0 Å². The molecule has 1 aromatic rings. The third-order valence-corrected chi connectivity index (χ3v) is 5.57. The summed E-state index contributed by atoms with van der Waals surface area (Å²) in [4.78, 5) is 4.64. The summed E-state index contributed by atoms with van der Waals surface area (Å²) in [6, 6.07) is 6.35. The van der Waals surface area contributed by atoms with Crippen molar-refractivity contribution in [3.8, 4) is 0 Å². The van der Waals surface area contributed by atoms with Crippen molar-refractivity contribution in [1.82, 2.24) is 0 Å². The van der Waals surface area contributed by atoms with Gasteiger partial charge in [0.25, 0.3) is 0 Å². The third-order valence-electron chi connectivity index (χ3n) is 3.62. The summed E-state index contributed by atoms with van der Waals surface area (Å²) >= 11 is 5.49. The van der Waals surface area contributed by atoms with Crippen LogP contribution in [-0.2, 0) is 0 Å². The Kier molecular flexibility index (Phi) is 5.34. The molecule has 1 atom stereocenters. The Morgan fingerprint density at radius 2 is 2.16 bits per heavy atom. The molecule has 2 nitrogen and oxygen atoms in total. The van der Waals surface area contributed by atoms with Crippen LogP contribution in [0.15, 0.2) is 27.7 Å². The van der Waals surface area contributed by atoms with Crippen molar-refractivity contribution >= 4 is 38.5 Å². The maximum atomic E-state index is 4.64. The maximum absolute atomic E-state index is 4.64. The van der Waals surface area contributed by atoms with E-state index in [0.717, 1.165) is 27.8 Å². The molecule has 0 fully saturated rings. The van der Waals surface area contributed by atoms with E-state index in [1.165, 1.54) is 18.4 Å². The number of thioether (sulfide) groups is 1. The predicted molar refractivity (Wildman–Crippen MR) is 90.3 cm³/mol. The standard InChI is InChI=1S/C15H21BrN2S/c1-4-11(5-2)14-9-17-15(19-14)18-13-7-6-10(3)8-12(13)16/h6-8,11,14H,4-5,9H2,1-3H3,(H,17,18). The summed E-state index contributed by atoms with van der Waals surface area (Å²) in [5.74, 6) is 0.773. The largest absolute Gasteiger partial charge is 0.334 e. The van der Waals surface area contributed by atoms with E-state index in [4.69, 9.17) is 0 Å². The fourth-order valence-corrected chi connectivity index (χ4v) is 4.28. The lowest BCUT2D eigenvalue weighted by molar-refractivity contribution is 0.479. The lowest BCUT2D eigenvalue weighted by atomic mass is 9.99. The number of halogens is 1. The van der Waals surface area contributed by atoms with Crippen LogP contribution in [0, 0.1) is 12.8 Å². The van der Waals surface area contributed by atoms with Crippen molar-refractivity contribution < 1.29 is 0 Å². The molecule has 0 saturated heterocycles. The molecule has 0 spiro atoms. The predicted octanol–water partition coefficient (Wildman–Crippen LogP) is 5.08. The number of nitrogens with zero attached hydrogens (tertiary/aromatic N) is 1. The molecule has 1 aromatic carbocycles. The van der Waals surface area contributed by atoms with Crippen LogP contribution in [-0.4, -0.2) is 17.0 Å². The summed E-state index contributed by atoms with van der Waals surface area (Å²) in [6.07, 6.45) is 2.48. The van der Waals surface area contributed by atoms with Gasteiger partial charge in [-0.15, -0.1) is 0 Å². The number of rotatable bonds is 4. The summed E-state index contributed by atoms with van der Waals surface area (Å²) < 4.78 is 1.10. The van der Waals surface area contributed by atoms with Crippen LogP contribution in [0.5, 0.6) is 0 Å². The SMILES string of the molecule is CCC(CC)C1CN=C(Nc2ccc(C)cc2Br)S1. The molecule has 104 valence electrons. The molecule has 19 heavy (non-hydrogen) atoms. The summed E-state index contributed by atoms with van der Waals surface area (Å²) in [5, 5.41) is 5.13. The van der Waals surface area contributed by atoms with Crippen LogP contribution in [0.25, 0.3) is 0 Å². The van der Waals surface area contributed by atoms with E-state index in [-0.39, 0.29) is 0 Å². The van der Waals surface area contributed by atoms with Crippen molar-refractivity contribution in [2.75, 3.05) is 11.9 Å². The Labute approximate surface area is 128 Å².